The minimum absolute atomic E-state index is 0.00600. The Bertz CT molecular complexity index is 1270. The van der Waals surface area contributed by atoms with Crippen LogP contribution in [-0.2, 0) is 27.8 Å². The molecule has 1 N–H and O–H groups in total. The van der Waals surface area contributed by atoms with Crippen LogP contribution in [0.1, 0.15) is 11.1 Å². The van der Waals surface area contributed by atoms with Gasteiger partial charge in [-0.15, -0.1) is 0 Å². The van der Waals surface area contributed by atoms with E-state index in [1.165, 1.54) is 32.4 Å². The first-order chi connectivity index (χ1) is 16.4. The molecule has 0 aromatic heterocycles. The summed E-state index contributed by atoms with van der Waals surface area (Å²) in [6, 6.07) is 22.2. The normalized spacial score (nSPS) is 11.0. The fourth-order valence-corrected chi connectivity index (χ4v) is 4.70. The fraction of sp³-hybridized carbons (Fsp3) is 0.200. The Labute approximate surface area is 199 Å². The molecule has 0 spiro atoms. The van der Waals surface area contributed by atoms with Crippen molar-refractivity contribution in [2.45, 2.75) is 17.9 Å². The van der Waals surface area contributed by atoms with Crippen molar-refractivity contribution in [3.8, 4) is 17.6 Å². The van der Waals surface area contributed by atoms with E-state index in [4.69, 9.17) is 14.7 Å². The van der Waals surface area contributed by atoms with Crippen molar-refractivity contribution in [2.24, 2.45) is 0 Å². The predicted molar refractivity (Wildman–Crippen MR) is 128 cm³/mol. The smallest absolute Gasteiger partial charge is 0.243 e. The van der Waals surface area contributed by atoms with Crippen LogP contribution >= 0.6 is 0 Å². The lowest BCUT2D eigenvalue weighted by atomic mass is 10.1. The highest BCUT2D eigenvalue weighted by Crippen LogP contribution is 2.31. The van der Waals surface area contributed by atoms with Crippen LogP contribution in [0.2, 0.25) is 0 Å². The zero-order valence-electron chi connectivity index (χ0n) is 18.9. The van der Waals surface area contributed by atoms with Crippen molar-refractivity contribution in [3.63, 3.8) is 0 Å². The lowest BCUT2D eigenvalue weighted by Crippen LogP contribution is -2.37. The van der Waals surface area contributed by atoms with E-state index in [1.54, 1.807) is 48.5 Å². The SMILES string of the molecule is COc1ccc(S(=O)(=O)N(CC(=O)Nc2ccc(CC#N)cc2)Cc2ccccc2)cc1OC. The van der Waals surface area contributed by atoms with E-state index in [0.29, 0.717) is 11.4 Å². The van der Waals surface area contributed by atoms with Gasteiger partial charge in [-0.1, -0.05) is 42.5 Å². The molecule has 176 valence electrons. The van der Waals surface area contributed by atoms with Crippen LogP contribution in [0.5, 0.6) is 11.5 Å². The first-order valence-electron chi connectivity index (χ1n) is 10.4. The van der Waals surface area contributed by atoms with Crippen LogP contribution in [0.4, 0.5) is 5.69 Å². The van der Waals surface area contributed by atoms with Gasteiger partial charge in [-0.25, -0.2) is 8.42 Å². The lowest BCUT2D eigenvalue weighted by Gasteiger charge is -2.22. The quantitative estimate of drug-likeness (QED) is 0.476. The Kier molecular flexibility index (Phi) is 8.24. The molecule has 0 aliphatic heterocycles. The third-order valence-electron chi connectivity index (χ3n) is 5.04. The highest BCUT2D eigenvalue weighted by molar-refractivity contribution is 7.89. The predicted octanol–water partition coefficient (Wildman–Crippen LogP) is 3.60. The van der Waals surface area contributed by atoms with Gasteiger partial charge in [-0.2, -0.15) is 9.57 Å². The molecule has 0 bridgehead atoms. The largest absolute Gasteiger partial charge is 0.493 e. The number of ether oxygens (including phenoxy) is 2. The van der Waals surface area contributed by atoms with E-state index < -0.39 is 22.5 Å². The molecule has 0 aliphatic carbocycles. The summed E-state index contributed by atoms with van der Waals surface area (Å²) in [6.45, 7) is -0.391. The van der Waals surface area contributed by atoms with E-state index in [0.717, 1.165) is 15.4 Å². The van der Waals surface area contributed by atoms with Crippen molar-refractivity contribution >= 4 is 21.6 Å². The number of carbonyl (C=O) groups excluding carboxylic acids is 1. The average molecular weight is 480 g/mol. The Balaban J connectivity index is 1.87. The van der Waals surface area contributed by atoms with E-state index in [1.807, 2.05) is 6.07 Å². The van der Waals surface area contributed by atoms with Crippen LogP contribution in [0, 0.1) is 11.3 Å². The topological polar surface area (TPSA) is 109 Å². The van der Waals surface area contributed by atoms with Gasteiger partial charge in [-0.3, -0.25) is 4.79 Å². The summed E-state index contributed by atoms with van der Waals surface area (Å²) in [5.74, 6) is 0.173. The molecule has 0 heterocycles. The molecule has 0 fully saturated rings. The summed E-state index contributed by atoms with van der Waals surface area (Å²) < 4.78 is 38.6. The number of anilines is 1. The molecule has 0 saturated carbocycles. The molecule has 3 rings (SSSR count). The maximum Gasteiger partial charge on any atom is 0.243 e. The number of methoxy groups -OCH3 is 2. The Morgan fingerprint density at radius 2 is 1.62 bits per heavy atom. The molecule has 1 amide bonds. The maximum atomic E-state index is 13.5. The molecule has 9 heteroatoms. The van der Waals surface area contributed by atoms with Crippen LogP contribution in [0.3, 0.4) is 0 Å². The number of hydrogen-bond donors (Lipinski definition) is 1. The molecule has 0 atom stereocenters. The Hall–Kier alpha value is -3.87. The molecule has 8 nitrogen and oxygen atoms in total. The van der Waals surface area contributed by atoms with Crippen LogP contribution in [0.15, 0.2) is 77.7 Å². The number of nitriles is 1. The zero-order chi connectivity index (χ0) is 24.6. The molecule has 0 aliphatic rings. The zero-order valence-corrected chi connectivity index (χ0v) is 19.7. The standard InChI is InChI=1S/C25H25N3O5S/c1-32-23-13-12-22(16-24(23)33-2)34(30,31)28(17-20-6-4-3-5-7-20)18-25(29)27-21-10-8-19(9-11-21)14-15-26/h3-13,16H,14,17-18H2,1-2H3,(H,27,29). The van der Waals surface area contributed by atoms with Gasteiger partial charge >= 0.3 is 0 Å². The molecule has 3 aromatic rings. The summed E-state index contributed by atoms with van der Waals surface area (Å²) in [5, 5.41) is 11.5. The number of hydrogen-bond acceptors (Lipinski definition) is 6. The van der Waals surface area contributed by atoms with Gasteiger partial charge < -0.3 is 14.8 Å². The minimum Gasteiger partial charge on any atom is -0.493 e. The van der Waals surface area contributed by atoms with Crippen LogP contribution in [0.25, 0.3) is 0 Å². The number of nitrogens with one attached hydrogen (secondary N) is 1. The number of amides is 1. The van der Waals surface area contributed by atoms with Gasteiger partial charge in [0, 0.05) is 18.3 Å². The van der Waals surface area contributed by atoms with E-state index >= 15 is 0 Å². The average Bonchev–Trinajstić information content (AvgIpc) is 2.85. The monoisotopic (exact) mass is 479 g/mol. The summed E-state index contributed by atoms with van der Waals surface area (Å²) in [6.07, 6.45) is 0.267. The number of benzene rings is 3. The second kappa shape index (κ2) is 11.3. The molecular weight excluding hydrogens is 454 g/mol. The summed E-state index contributed by atoms with van der Waals surface area (Å²) >= 11 is 0. The Morgan fingerprint density at radius 3 is 2.24 bits per heavy atom. The van der Waals surface area contributed by atoms with E-state index in [2.05, 4.69) is 11.4 Å². The summed E-state index contributed by atoms with van der Waals surface area (Å²) in [7, 11) is -1.17. The first kappa shape index (κ1) is 24.8. The number of carbonyl (C=O) groups is 1. The number of nitrogens with zero attached hydrogens (tertiary/aromatic N) is 2. The first-order valence-corrected chi connectivity index (χ1v) is 11.8. The van der Waals surface area contributed by atoms with Crippen molar-refractivity contribution in [3.05, 3.63) is 83.9 Å². The van der Waals surface area contributed by atoms with Crippen molar-refractivity contribution in [2.75, 3.05) is 26.1 Å². The number of rotatable bonds is 10. The molecule has 0 unspecified atom stereocenters. The molecule has 0 saturated heterocycles. The molecule has 34 heavy (non-hydrogen) atoms. The van der Waals surface area contributed by atoms with Crippen molar-refractivity contribution < 1.29 is 22.7 Å². The molecular formula is C25H25N3O5S. The summed E-state index contributed by atoms with van der Waals surface area (Å²) in [4.78, 5) is 12.8. The highest BCUT2D eigenvalue weighted by Gasteiger charge is 2.28. The van der Waals surface area contributed by atoms with Gasteiger partial charge in [0.15, 0.2) is 11.5 Å². The third kappa shape index (κ3) is 6.13. The lowest BCUT2D eigenvalue weighted by molar-refractivity contribution is -0.116. The van der Waals surface area contributed by atoms with Gasteiger partial charge in [0.1, 0.15) is 0 Å². The van der Waals surface area contributed by atoms with Crippen molar-refractivity contribution in [1.82, 2.24) is 4.31 Å². The second-order valence-electron chi connectivity index (χ2n) is 7.36. The van der Waals surface area contributed by atoms with Crippen LogP contribution in [-0.4, -0.2) is 39.4 Å². The fourth-order valence-electron chi connectivity index (χ4n) is 3.30. The van der Waals surface area contributed by atoms with Gasteiger partial charge in [-0.05, 0) is 35.4 Å². The van der Waals surface area contributed by atoms with Gasteiger partial charge in [0.2, 0.25) is 15.9 Å². The highest BCUT2D eigenvalue weighted by atomic mass is 32.2. The van der Waals surface area contributed by atoms with Crippen LogP contribution < -0.4 is 14.8 Å². The molecule has 0 radical (unpaired) electrons. The second-order valence-corrected chi connectivity index (χ2v) is 9.29. The van der Waals surface area contributed by atoms with Gasteiger partial charge in [0.05, 0.1) is 38.1 Å². The minimum atomic E-state index is -4.06. The van der Waals surface area contributed by atoms with Gasteiger partial charge in [0.25, 0.3) is 0 Å². The van der Waals surface area contributed by atoms with Crippen molar-refractivity contribution in [1.29, 1.82) is 5.26 Å². The summed E-state index contributed by atoms with van der Waals surface area (Å²) in [5.41, 5.74) is 2.07. The maximum absolute atomic E-state index is 13.5. The molecule has 3 aromatic carbocycles. The van der Waals surface area contributed by atoms with E-state index in [9.17, 15) is 13.2 Å². The Morgan fingerprint density at radius 1 is 0.941 bits per heavy atom. The van der Waals surface area contributed by atoms with E-state index in [-0.39, 0.29) is 23.6 Å². The third-order valence-corrected chi connectivity index (χ3v) is 6.82. The number of sulfonamides is 1.